The van der Waals surface area contributed by atoms with Crippen molar-refractivity contribution < 1.29 is 9.53 Å². The highest BCUT2D eigenvalue weighted by molar-refractivity contribution is 7.98. The molecule has 1 aromatic rings. The fourth-order valence-corrected chi connectivity index (χ4v) is 4.75. The first-order valence-corrected chi connectivity index (χ1v) is 10.2. The number of ether oxygens (including phenoxy) is 1. The Kier molecular flexibility index (Phi) is 4.98. The molecule has 0 spiro atoms. The van der Waals surface area contributed by atoms with Gasteiger partial charge in [-0.3, -0.25) is 4.79 Å². The maximum atomic E-state index is 12.8. The third-order valence-corrected chi connectivity index (χ3v) is 6.20. The summed E-state index contributed by atoms with van der Waals surface area (Å²) in [7, 11) is 0. The predicted octanol–water partition coefficient (Wildman–Crippen LogP) is 0.949. The van der Waals surface area contributed by atoms with Gasteiger partial charge in [0.25, 0.3) is 5.56 Å². The standard InChI is InChI=1S/C17H24N4O3S/c22-16-10-13-12-25-9-3-15(13)18-21(16)11-14-2-1-4-20(14)17(23)19-5-7-24-8-6-19/h10,14H,1-9,11-12H2. The summed E-state index contributed by atoms with van der Waals surface area (Å²) in [6, 6.07) is 1.86. The zero-order valence-corrected chi connectivity index (χ0v) is 15.2. The summed E-state index contributed by atoms with van der Waals surface area (Å²) in [5.74, 6) is 1.94. The molecule has 0 aliphatic carbocycles. The Labute approximate surface area is 151 Å². The highest BCUT2D eigenvalue weighted by Crippen LogP contribution is 2.23. The summed E-state index contributed by atoms with van der Waals surface area (Å²) in [6.07, 6.45) is 2.83. The first-order valence-electron chi connectivity index (χ1n) is 9.03. The van der Waals surface area contributed by atoms with E-state index in [0.717, 1.165) is 48.6 Å². The fraction of sp³-hybridized carbons (Fsp3) is 0.706. The second kappa shape index (κ2) is 7.37. The van der Waals surface area contributed by atoms with Crippen molar-refractivity contribution in [1.82, 2.24) is 19.6 Å². The molecule has 4 heterocycles. The molecule has 3 aliphatic heterocycles. The summed E-state index contributed by atoms with van der Waals surface area (Å²) in [5, 5.41) is 4.60. The average molecular weight is 364 g/mol. The molecule has 2 fully saturated rings. The minimum atomic E-state index is -0.0491. The van der Waals surface area contributed by atoms with Crippen LogP contribution >= 0.6 is 11.8 Å². The molecule has 0 saturated carbocycles. The number of likely N-dealkylation sites (tertiary alicyclic amines) is 1. The smallest absolute Gasteiger partial charge is 0.320 e. The zero-order chi connectivity index (χ0) is 17.2. The van der Waals surface area contributed by atoms with E-state index in [2.05, 4.69) is 5.10 Å². The molecule has 2 saturated heterocycles. The topological polar surface area (TPSA) is 67.7 Å². The normalized spacial score (nSPS) is 23.6. The Morgan fingerprint density at radius 3 is 3.00 bits per heavy atom. The summed E-state index contributed by atoms with van der Waals surface area (Å²) in [5.41, 5.74) is 2.07. The minimum absolute atomic E-state index is 0.0491. The monoisotopic (exact) mass is 364 g/mol. The minimum Gasteiger partial charge on any atom is -0.378 e. The van der Waals surface area contributed by atoms with Gasteiger partial charge in [0.1, 0.15) is 0 Å². The van der Waals surface area contributed by atoms with E-state index in [1.807, 2.05) is 21.6 Å². The second-order valence-electron chi connectivity index (χ2n) is 6.81. The number of hydrogen-bond donors (Lipinski definition) is 0. The van der Waals surface area contributed by atoms with Crippen LogP contribution in [0.5, 0.6) is 0 Å². The Morgan fingerprint density at radius 2 is 2.16 bits per heavy atom. The Hall–Kier alpha value is -1.54. The molecule has 7 nitrogen and oxygen atoms in total. The van der Waals surface area contributed by atoms with Crippen LogP contribution in [-0.4, -0.2) is 70.3 Å². The number of carbonyl (C=O) groups excluding carboxylic acids is 1. The molecule has 25 heavy (non-hydrogen) atoms. The highest BCUT2D eigenvalue weighted by Gasteiger charge is 2.33. The van der Waals surface area contributed by atoms with Crippen molar-refractivity contribution in [3.8, 4) is 0 Å². The Morgan fingerprint density at radius 1 is 1.32 bits per heavy atom. The van der Waals surface area contributed by atoms with Crippen LogP contribution in [-0.2, 0) is 23.5 Å². The van der Waals surface area contributed by atoms with E-state index in [1.54, 1.807) is 10.7 Å². The van der Waals surface area contributed by atoms with Crippen LogP contribution in [0.15, 0.2) is 10.9 Å². The van der Waals surface area contributed by atoms with E-state index in [9.17, 15) is 9.59 Å². The quantitative estimate of drug-likeness (QED) is 0.782. The molecule has 136 valence electrons. The van der Waals surface area contributed by atoms with E-state index in [1.165, 1.54) is 0 Å². The molecule has 3 aliphatic rings. The van der Waals surface area contributed by atoms with Crippen LogP contribution in [0.1, 0.15) is 24.1 Å². The number of amides is 2. The number of fused-ring (bicyclic) bond motifs is 1. The lowest BCUT2D eigenvalue weighted by Gasteiger charge is -2.34. The lowest BCUT2D eigenvalue weighted by Crippen LogP contribution is -2.51. The SMILES string of the molecule is O=C(N1CCOCC1)N1CCCC1Cn1nc2c(cc1=O)CSCC2. The van der Waals surface area contributed by atoms with Gasteiger partial charge in [-0.2, -0.15) is 16.9 Å². The number of morpholine rings is 1. The number of carbonyl (C=O) groups is 1. The van der Waals surface area contributed by atoms with Crippen LogP contribution in [0, 0.1) is 0 Å². The molecular weight excluding hydrogens is 340 g/mol. The van der Waals surface area contributed by atoms with Crippen molar-refractivity contribution in [3.05, 3.63) is 27.7 Å². The van der Waals surface area contributed by atoms with Gasteiger partial charge in [0.05, 0.1) is 31.5 Å². The van der Waals surface area contributed by atoms with Crippen LogP contribution in [0.3, 0.4) is 0 Å². The molecular formula is C17H24N4O3S. The summed E-state index contributed by atoms with van der Waals surface area (Å²) >= 11 is 1.85. The molecule has 4 rings (SSSR count). The van der Waals surface area contributed by atoms with E-state index < -0.39 is 0 Å². The average Bonchev–Trinajstić information content (AvgIpc) is 3.10. The van der Waals surface area contributed by atoms with Gasteiger partial charge in [-0.1, -0.05) is 0 Å². The van der Waals surface area contributed by atoms with E-state index in [0.29, 0.717) is 32.8 Å². The van der Waals surface area contributed by atoms with E-state index in [-0.39, 0.29) is 17.6 Å². The molecule has 1 atom stereocenters. The van der Waals surface area contributed by atoms with Gasteiger partial charge >= 0.3 is 6.03 Å². The van der Waals surface area contributed by atoms with Crippen LogP contribution < -0.4 is 5.56 Å². The number of thioether (sulfide) groups is 1. The summed E-state index contributed by atoms with van der Waals surface area (Å²) in [4.78, 5) is 29.0. The number of aryl methyl sites for hydroxylation is 1. The molecule has 0 N–H and O–H groups in total. The number of hydrogen-bond acceptors (Lipinski definition) is 5. The van der Waals surface area contributed by atoms with Gasteiger partial charge in [-0.15, -0.1) is 0 Å². The highest BCUT2D eigenvalue weighted by atomic mass is 32.2. The van der Waals surface area contributed by atoms with Crippen molar-refractivity contribution in [2.45, 2.75) is 37.6 Å². The Balaban J connectivity index is 1.49. The van der Waals surface area contributed by atoms with Gasteiger partial charge in [0.15, 0.2) is 0 Å². The maximum Gasteiger partial charge on any atom is 0.320 e. The lowest BCUT2D eigenvalue weighted by molar-refractivity contribution is 0.0414. The van der Waals surface area contributed by atoms with Crippen LogP contribution in [0.4, 0.5) is 4.79 Å². The first kappa shape index (κ1) is 16.9. The second-order valence-corrected chi connectivity index (χ2v) is 7.92. The predicted molar refractivity (Wildman–Crippen MR) is 95.9 cm³/mol. The third kappa shape index (κ3) is 3.55. The largest absolute Gasteiger partial charge is 0.378 e. The van der Waals surface area contributed by atoms with Crippen LogP contribution in [0.2, 0.25) is 0 Å². The molecule has 1 aromatic heterocycles. The zero-order valence-electron chi connectivity index (χ0n) is 14.4. The number of rotatable bonds is 2. The number of urea groups is 1. The van der Waals surface area contributed by atoms with Gasteiger partial charge < -0.3 is 14.5 Å². The molecule has 0 aromatic carbocycles. The maximum absolute atomic E-state index is 12.8. The summed E-state index contributed by atoms with van der Waals surface area (Å²) in [6.45, 7) is 3.77. The van der Waals surface area contributed by atoms with E-state index in [4.69, 9.17) is 4.74 Å². The van der Waals surface area contributed by atoms with Gasteiger partial charge in [-0.25, -0.2) is 9.48 Å². The van der Waals surface area contributed by atoms with E-state index >= 15 is 0 Å². The van der Waals surface area contributed by atoms with Crippen molar-refractivity contribution in [3.63, 3.8) is 0 Å². The van der Waals surface area contributed by atoms with Crippen molar-refractivity contribution in [1.29, 1.82) is 0 Å². The Bertz CT molecular complexity index is 702. The molecule has 0 radical (unpaired) electrons. The molecule has 2 amide bonds. The van der Waals surface area contributed by atoms with Gasteiger partial charge in [-0.05, 0) is 24.2 Å². The van der Waals surface area contributed by atoms with Gasteiger partial charge in [0.2, 0.25) is 0 Å². The molecule has 0 bridgehead atoms. The fourth-order valence-electron chi connectivity index (χ4n) is 3.80. The van der Waals surface area contributed by atoms with Crippen molar-refractivity contribution >= 4 is 17.8 Å². The number of aromatic nitrogens is 2. The number of nitrogens with zero attached hydrogens (tertiary/aromatic N) is 4. The van der Waals surface area contributed by atoms with Crippen LogP contribution in [0.25, 0.3) is 0 Å². The first-order chi connectivity index (χ1) is 12.2. The van der Waals surface area contributed by atoms with Crippen molar-refractivity contribution in [2.75, 3.05) is 38.6 Å². The van der Waals surface area contributed by atoms with Gasteiger partial charge in [0, 0.05) is 37.9 Å². The van der Waals surface area contributed by atoms with Crippen molar-refractivity contribution in [2.24, 2.45) is 0 Å². The summed E-state index contributed by atoms with van der Waals surface area (Å²) < 4.78 is 6.91. The lowest BCUT2D eigenvalue weighted by atomic mass is 10.2. The molecule has 1 unspecified atom stereocenters. The third-order valence-electron chi connectivity index (χ3n) is 5.19. The molecule has 8 heteroatoms.